The normalized spacial score (nSPS) is 11.0. The maximum absolute atomic E-state index is 14.1. The van der Waals surface area contributed by atoms with Crippen molar-refractivity contribution in [3.8, 4) is 11.4 Å². The van der Waals surface area contributed by atoms with Crippen molar-refractivity contribution >= 4 is 17.7 Å². The number of nitrogens with one attached hydrogen (secondary N) is 1. The van der Waals surface area contributed by atoms with Crippen LogP contribution in [0.4, 0.5) is 4.39 Å². The van der Waals surface area contributed by atoms with Crippen molar-refractivity contribution in [2.75, 3.05) is 12.3 Å². The van der Waals surface area contributed by atoms with Crippen LogP contribution in [0.15, 0.2) is 90.1 Å². The molecule has 3 aromatic carbocycles. The van der Waals surface area contributed by atoms with E-state index in [-0.39, 0.29) is 23.4 Å². The molecule has 1 heterocycles. The molecule has 1 amide bonds. The van der Waals surface area contributed by atoms with Crippen LogP contribution in [0.1, 0.15) is 23.5 Å². The Labute approximate surface area is 197 Å². The summed E-state index contributed by atoms with van der Waals surface area (Å²) in [6.45, 7) is 0.563. The highest BCUT2D eigenvalue weighted by molar-refractivity contribution is 7.99. The first-order chi connectivity index (χ1) is 16.1. The van der Waals surface area contributed by atoms with Crippen LogP contribution in [0.3, 0.4) is 0 Å². The van der Waals surface area contributed by atoms with Gasteiger partial charge in [-0.2, -0.15) is 0 Å². The molecular formula is C26H25FN4OS. The van der Waals surface area contributed by atoms with Gasteiger partial charge < -0.3 is 9.88 Å². The summed E-state index contributed by atoms with van der Waals surface area (Å²) >= 11 is 1.28. The van der Waals surface area contributed by atoms with E-state index in [9.17, 15) is 9.18 Å². The second-order valence-corrected chi connectivity index (χ2v) is 8.59. The minimum Gasteiger partial charge on any atom is -0.355 e. The zero-order valence-electron chi connectivity index (χ0n) is 18.3. The van der Waals surface area contributed by atoms with E-state index in [1.807, 2.05) is 36.4 Å². The van der Waals surface area contributed by atoms with Crippen molar-refractivity contribution in [3.63, 3.8) is 0 Å². The molecule has 0 aliphatic rings. The predicted molar refractivity (Wildman–Crippen MR) is 129 cm³/mol. The van der Waals surface area contributed by atoms with Crippen LogP contribution in [0.2, 0.25) is 0 Å². The molecule has 0 bridgehead atoms. The molecule has 1 N–H and O–H groups in total. The van der Waals surface area contributed by atoms with E-state index in [0.29, 0.717) is 23.1 Å². The lowest BCUT2D eigenvalue weighted by Crippen LogP contribution is -2.27. The fourth-order valence-electron chi connectivity index (χ4n) is 3.75. The Bertz CT molecular complexity index is 1160. The van der Waals surface area contributed by atoms with Gasteiger partial charge >= 0.3 is 0 Å². The number of benzene rings is 3. The summed E-state index contributed by atoms with van der Waals surface area (Å²) < 4.78 is 15.8. The van der Waals surface area contributed by atoms with E-state index in [4.69, 9.17) is 0 Å². The highest BCUT2D eigenvalue weighted by Gasteiger charge is 2.17. The molecule has 0 atom stereocenters. The molecule has 5 nitrogen and oxygen atoms in total. The molecule has 0 spiro atoms. The third-order valence-corrected chi connectivity index (χ3v) is 6.46. The Morgan fingerprint density at radius 1 is 0.939 bits per heavy atom. The summed E-state index contributed by atoms with van der Waals surface area (Å²) in [6.07, 6.45) is 0.797. The molecule has 0 unspecified atom stereocenters. The Hall–Kier alpha value is -3.45. The molecule has 0 aliphatic carbocycles. The Kier molecular flexibility index (Phi) is 7.52. The molecule has 4 aromatic rings. The number of rotatable bonds is 9. The van der Waals surface area contributed by atoms with Crippen molar-refractivity contribution in [2.24, 2.45) is 7.05 Å². The number of hydrogen-bond donors (Lipinski definition) is 1. The number of thioether (sulfide) groups is 1. The second-order valence-electron chi connectivity index (χ2n) is 7.65. The zero-order chi connectivity index (χ0) is 23.0. The minimum atomic E-state index is -0.353. The van der Waals surface area contributed by atoms with Crippen molar-refractivity contribution in [3.05, 3.63) is 102 Å². The minimum absolute atomic E-state index is 0.0738. The first kappa shape index (κ1) is 22.7. The van der Waals surface area contributed by atoms with Crippen molar-refractivity contribution in [1.29, 1.82) is 0 Å². The lowest BCUT2D eigenvalue weighted by molar-refractivity contribution is -0.118. The van der Waals surface area contributed by atoms with Gasteiger partial charge in [0, 0.05) is 19.5 Å². The molecule has 0 radical (unpaired) electrons. The first-order valence-electron chi connectivity index (χ1n) is 10.8. The van der Waals surface area contributed by atoms with Gasteiger partial charge in [-0.15, -0.1) is 10.2 Å². The number of hydrogen-bond acceptors (Lipinski definition) is 4. The van der Waals surface area contributed by atoms with Crippen LogP contribution in [-0.2, 0) is 11.8 Å². The highest BCUT2D eigenvalue weighted by Crippen LogP contribution is 2.27. The van der Waals surface area contributed by atoms with Gasteiger partial charge in [-0.3, -0.25) is 4.79 Å². The molecule has 4 rings (SSSR count). The molecular weight excluding hydrogens is 435 g/mol. The first-order valence-corrected chi connectivity index (χ1v) is 11.8. The van der Waals surface area contributed by atoms with Crippen LogP contribution >= 0.6 is 11.8 Å². The van der Waals surface area contributed by atoms with E-state index < -0.39 is 0 Å². The Morgan fingerprint density at radius 3 is 2.18 bits per heavy atom. The van der Waals surface area contributed by atoms with Crippen molar-refractivity contribution < 1.29 is 9.18 Å². The standard InChI is InChI=1S/C26H25FN4OS/c1-31-25(22-14-8-9-15-23(22)27)29-30-26(31)33-18-24(32)28-17-16-21(19-10-4-2-5-11-19)20-12-6-3-7-13-20/h2-15,21H,16-18H2,1H3,(H,28,32). The molecule has 168 valence electrons. The van der Waals surface area contributed by atoms with Crippen molar-refractivity contribution in [2.45, 2.75) is 17.5 Å². The van der Waals surface area contributed by atoms with Crippen LogP contribution in [0.25, 0.3) is 11.4 Å². The summed E-state index contributed by atoms with van der Waals surface area (Å²) in [6, 6.07) is 27.1. The zero-order valence-corrected chi connectivity index (χ0v) is 19.1. The summed E-state index contributed by atoms with van der Waals surface area (Å²) in [5.74, 6) is 0.431. The topological polar surface area (TPSA) is 59.8 Å². The summed E-state index contributed by atoms with van der Waals surface area (Å²) in [7, 11) is 1.77. The third-order valence-electron chi connectivity index (χ3n) is 5.44. The lowest BCUT2D eigenvalue weighted by Gasteiger charge is -2.18. The molecule has 0 saturated carbocycles. The average Bonchev–Trinajstić information content (AvgIpc) is 3.22. The maximum Gasteiger partial charge on any atom is 0.230 e. The van der Waals surface area contributed by atoms with Gasteiger partial charge in [0.05, 0.1) is 11.3 Å². The molecule has 7 heteroatoms. The Balaban J connectivity index is 1.33. The number of nitrogens with zero attached hydrogens (tertiary/aromatic N) is 3. The fraction of sp³-hybridized carbons (Fsp3) is 0.192. The molecule has 0 aliphatic heterocycles. The predicted octanol–water partition coefficient (Wildman–Crippen LogP) is 5.05. The molecule has 1 aromatic heterocycles. The van der Waals surface area contributed by atoms with Gasteiger partial charge in [0.1, 0.15) is 5.82 Å². The van der Waals surface area contributed by atoms with E-state index >= 15 is 0 Å². The molecule has 0 fully saturated rings. The largest absolute Gasteiger partial charge is 0.355 e. The Morgan fingerprint density at radius 2 is 1.55 bits per heavy atom. The number of amides is 1. The highest BCUT2D eigenvalue weighted by atomic mass is 32.2. The average molecular weight is 461 g/mol. The lowest BCUT2D eigenvalue weighted by atomic mass is 9.88. The summed E-state index contributed by atoms with van der Waals surface area (Å²) in [5.41, 5.74) is 2.84. The quantitative estimate of drug-likeness (QED) is 0.355. The van der Waals surface area contributed by atoms with Gasteiger partial charge in [-0.1, -0.05) is 84.6 Å². The number of aromatic nitrogens is 3. The smallest absolute Gasteiger partial charge is 0.230 e. The van der Waals surface area contributed by atoms with Crippen LogP contribution < -0.4 is 5.32 Å². The maximum atomic E-state index is 14.1. The second kappa shape index (κ2) is 10.9. The molecule has 33 heavy (non-hydrogen) atoms. The van der Waals surface area contributed by atoms with E-state index in [2.05, 4.69) is 39.8 Å². The van der Waals surface area contributed by atoms with Crippen LogP contribution in [0, 0.1) is 5.82 Å². The number of carbonyl (C=O) groups excluding carboxylic acids is 1. The van der Waals surface area contributed by atoms with Gasteiger partial charge in [0.15, 0.2) is 11.0 Å². The van der Waals surface area contributed by atoms with Gasteiger partial charge in [0.2, 0.25) is 5.91 Å². The van der Waals surface area contributed by atoms with Gasteiger partial charge in [0.25, 0.3) is 0 Å². The van der Waals surface area contributed by atoms with Gasteiger partial charge in [-0.05, 0) is 29.7 Å². The summed E-state index contributed by atoms with van der Waals surface area (Å²) in [5, 5.41) is 11.8. The van der Waals surface area contributed by atoms with Gasteiger partial charge in [-0.25, -0.2) is 4.39 Å². The fourth-order valence-corrected chi connectivity index (χ4v) is 4.49. The van der Waals surface area contributed by atoms with Crippen molar-refractivity contribution in [1.82, 2.24) is 20.1 Å². The van der Waals surface area contributed by atoms with Crippen LogP contribution in [0.5, 0.6) is 0 Å². The summed E-state index contributed by atoms with van der Waals surface area (Å²) in [4.78, 5) is 12.5. The van der Waals surface area contributed by atoms with E-state index in [0.717, 1.165) is 6.42 Å². The van der Waals surface area contributed by atoms with E-state index in [1.165, 1.54) is 29.0 Å². The van der Waals surface area contributed by atoms with E-state index in [1.54, 1.807) is 29.8 Å². The van der Waals surface area contributed by atoms with Crippen LogP contribution in [-0.4, -0.2) is 33.0 Å². The monoisotopic (exact) mass is 460 g/mol. The third kappa shape index (κ3) is 5.68. The number of carbonyl (C=O) groups is 1. The SMILES string of the molecule is Cn1c(SCC(=O)NCCC(c2ccccc2)c2ccccc2)nnc1-c1ccccc1F. The number of halogens is 1. The molecule has 0 saturated heterocycles.